The molecule has 1 aliphatic heterocycles. The fourth-order valence-electron chi connectivity index (χ4n) is 5.52. The first-order chi connectivity index (χ1) is 19.7. The van der Waals surface area contributed by atoms with Gasteiger partial charge in [0.2, 0.25) is 0 Å². The Morgan fingerprint density at radius 2 is 1.83 bits per heavy atom. The summed E-state index contributed by atoms with van der Waals surface area (Å²) in [5, 5.41) is 6.05. The van der Waals surface area contributed by atoms with Gasteiger partial charge in [-0.25, -0.2) is 14.2 Å². The number of amides is 1. The maximum Gasteiger partial charge on any atom is 0.410 e. The first-order valence-electron chi connectivity index (χ1n) is 14.6. The summed E-state index contributed by atoms with van der Waals surface area (Å²) in [6.07, 6.45) is 3.54. The quantitative estimate of drug-likeness (QED) is 0.163. The zero-order valence-electron chi connectivity index (χ0n) is 26.0. The highest BCUT2D eigenvalue weighted by Gasteiger charge is 2.36. The monoisotopic (exact) mass is 591 g/mol. The van der Waals surface area contributed by atoms with Crippen molar-refractivity contribution in [3.05, 3.63) is 59.8 Å². The molecule has 1 atom stereocenters. The molecule has 4 heterocycles. The maximum atomic E-state index is 13.9. The number of ether oxygens (including phenoxy) is 2. The standard InChI is InChI=1S/C32H42FN5O3Si/c1-21-19-36(20-40-17-18-42(6,7)8)30-26(21)25(13-14-34-30)27-28(23-9-11-24(33)12-10-23)35-38-16-15-37(22(2)29(27)38)31(39)41-32(3,4)5/h9-14,19,22H,15-18,20H2,1-8H3. The molecule has 0 saturated heterocycles. The third-order valence-electron chi connectivity index (χ3n) is 7.60. The van der Waals surface area contributed by atoms with Crippen LogP contribution in [0.2, 0.25) is 25.7 Å². The Labute approximate surface area is 248 Å². The van der Waals surface area contributed by atoms with E-state index < -0.39 is 13.7 Å². The molecule has 0 saturated carbocycles. The van der Waals surface area contributed by atoms with Gasteiger partial charge in [0.25, 0.3) is 0 Å². The molecule has 4 aromatic rings. The van der Waals surface area contributed by atoms with Gasteiger partial charge in [-0.1, -0.05) is 19.6 Å². The van der Waals surface area contributed by atoms with Crippen LogP contribution in [0.3, 0.4) is 0 Å². The number of hydrogen-bond donors (Lipinski definition) is 0. The molecule has 0 fully saturated rings. The van der Waals surface area contributed by atoms with Crippen molar-refractivity contribution < 1.29 is 18.7 Å². The first kappa shape index (κ1) is 30.0. The van der Waals surface area contributed by atoms with Crippen LogP contribution >= 0.6 is 0 Å². The van der Waals surface area contributed by atoms with Gasteiger partial charge in [-0.3, -0.25) is 9.58 Å². The minimum atomic E-state index is -1.20. The Hall–Kier alpha value is -3.50. The van der Waals surface area contributed by atoms with E-state index in [4.69, 9.17) is 19.6 Å². The van der Waals surface area contributed by atoms with Crippen molar-refractivity contribution >= 4 is 25.2 Å². The van der Waals surface area contributed by atoms with Crippen molar-refractivity contribution in [1.82, 2.24) is 24.2 Å². The van der Waals surface area contributed by atoms with E-state index in [-0.39, 0.29) is 18.0 Å². The molecule has 1 aliphatic rings. The lowest BCUT2D eigenvalue weighted by Gasteiger charge is -2.35. The van der Waals surface area contributed by atoms with Gasteiger partial charge in [0.15, 0.2) is 0 Å². The topological polar surface area (TPSA) is 74.4 Å². The molecular formula is C32H42FN5O3Si. The number of aromatic nitrogens is 4. The van der Waals surface area contributed by atoms with E-state index in [2.05, 4.69) is 37.3 Å². The predicted octanol–water partition coefficient (Wildman–Crippen LogP) is 7.64. The molecule has 5 rings (SSSR count). The van der Waals surface area contributed by atoms with Gasteiger partial charge in [-0.15, -0.1) is 0 Å². The summed E-state index contributed by atoms with van der Waals surface area (Å²) in [4.78, 5) is 19.8. The average molecular weight is 592 g/mol. The van der Waals surface area contributed by atoms with Gasteiger partial charge in [0.05, 0.1) is 18.3 Å². The molecule has 1 aromatic carbocycles. The van der Waals surface area contributed by atoms with Crippen LogP contribution in [0.5, 0.6) is 0 Å². The normalized spacial score (nSPS) is 15.7. The van der Waals surface area contributed by atoms with Crippen LogP contribution in [-0.2, 0) is 22.7 Å². The van der Waals surface area contributed by atoms with Crippen molar-refractivity contribution in [2.24, 2.45) is 0 Å². The lowest BCUT2D eigenvalue weighted by atomic mass is 9.93. The van der Waals surface area contributed by atoms with E-state index in [1.807, 2.05) is 44.6 Å². The van der Waals surface area contributed by atoms with Crippen LogP contribution in [0.15, 0.2) is 42.7 Å². The Morgan fingerprint density at radius 1 is 1.12 bits per heavy atom. The number of nitrogens with zero attached hydrogens (tertiary/aromatic N) is 5. The minimum Gasteiger partial charge on any atom is -0.444 e. The lowest BCUT2D eigenvalue weighted by Crippen LogP contribution is -2.43. The second-order valence-electron chi connectivity index (χ2n) is 13.4. The molecule has 42 heavy (non-hydrogen) atoms. The molecule has 1 amide bonds. The maximum absolute atomic E-state index is 13.9. The van der Waals surface area contributed by atoms with Crippen molar-refractivity contribution in [1.29, 1.82) is 0 Å². The van der Waals surface area contributed by atoms with Gasteiger partial charge in [-0.05, 0) is 82.1 Å². The Bertz CT molecular complexity index is 1600. The second-order valence-corrected chi connectivity index (χ2v) is 19.0. The van der Waals surface area contributed by atoms with Gasteiger partial charge < -0.3 is 14.0 Å². The van der Waals surface area contributed by atoms with Crippen molar-refractivity contribution in [3.63, 3.8) is 0 Å². The lowest BCUT2D eigenvalue weighted by molar-refractivity contribution is 0.0121. The van der Waals surface area contributed by atoms with E-state index in [0.717, 1.165) is 57.3 Å². The molecule has 8 nitrogen and oxygen atoms in total. The number of fused-ring (bicyclic) bond motifs is 2. The van der Waals surface area contributed by atoms with Crippen molar-refractivity contribution in [2.75, 3.05) is 13.2 Å². The number of rotatable bonds is 7. The largest absolute Gasteiger partial charge is 0.444 e. The molecule has 224 valence electrons. The molecule has 1 unspecified atom stereocenters. The Morgan fingerprint density at radius 3 is 2.50 bits per heavy atom. The van der Waals surface area contributed by atoms with E-state index in [9.17, 15) is 9.18 Å². The van der Waals surface area contributed by atoms with Crippen LogP contribution in [-0.4, -0.2) is 57.2 Å². The summed E-state index contributed by atoms with van der Waals surface area (Å²) in [6, 6.07) is 9.22. The highest BCUT2D eigenvalue weighted by molar-refractivity contribution is 6.76. The minimum absolute atomic E-state index is 0.304. The van der Waals surface area contributed by atoms with Crippen LogP contribution in [0.1, 0.15) is 45.0 Å². The highest BCUT2D eigenvalue weighted by atomic mass is 28.3. The summed E-state index contributed by atoms with van der Waals surface area (Å²) < 4.78 is 29.8. The number of hydrogen-bond acceptors (Lipinski definition) is 5. The third-order valence-corrected chi connectivity index (χ3v) is 9.30. The van der Waals surface area contributed by atoms with Gasteiger partial charge >= 0.3 is 6.09 Å². The SMILES string of the molecule is Cc1cn(COCC[Si](C)(C)C)c2nccc(-c3c(-c4ccc(F)cc4)nn4c3C(C)N(C(=O)OC(C)(C)C)CC4)c12. The highest BCUT2D eigenvalue weighted by Crippen LogP contribution is 2.44. The molecule has 0 aliphatic carbocycles. The van der Waals surface area contributed by atoms with E-state index in [1.165, 1.54) is 12.1 Å². The first-order valence-corrected chi connectivity index (χ1v) is 18.3. The summed E-state index contributed by atoms with van der Waals surface area (Å²) in [5.41, 5.74) is 5.64. The number of carbonyl (C=O) groups is 1. The fraction of sp³-hybridized carbons (Fsp3) is 0.469. The zero-order valence-corrected chi connectivity index (χ0v) is 27.0. The smallest absolute Gasteiger partial charge is 0.410 e. The summed E-state index contributed by atoms with van der Waals surface area (Å²) in [6.45, 7) is 18.9. The summed E-state index contributed by atoms with van der Waals surface area (Å²) >= 11 is 0. The second kappa shape index (κ2) is 11.3. The van der Waals surface area contributed by atoms with Crippen LogP contribution in [0.25, 0.3) is 33.4 Å². The Kier molecular flexibility index (Phi) is 8.06. The van der Waals surface area contributed by atoms with E-state index in [1.54, 1.807) is 17.0 Å². The van der Waals surface area contributed by atoms with Gasteiger partial charge in [0.1, 0.15) is 29.5 Å². The summed E-state index contributed by atoms with van der Waals surface area (Å²) in [7, 11) is -1.20. The predicted molar refractivity (Wildman–Crippen MR) is 167 cm³/mol. The van der Waals surface area contributed by atoms with Gasteiger partial charge in [-0.2, -0.15) is 5.10 Å². The molecule has 3 aromatic heterocycles. The van der Waals surface area contributed by atoms with Crippen molar-refractivity contribution in [3.8, 4) is 22.4 Å². The number of aryl methyl sites for hydroxylation is 1. The molecule has 0 N–H and O–H groups in total. The number of pyridine rings is 1. The molecule has 10 heteroatoms. The zero-order chi connectivity index (χ0) is 30.4. The van der Waals surface area contributed by atoms with Crippen LogP contribution in [0, 0.1) is 12.7 Å². The Balaban J connectivity index is 1.63. The third kappa shape index (κ3) is 6.15. The molecule has 0 radical (unpaired) electrons. The molecule has 0 spiro atoms. The summed E-state index contributed by atoms with van der Waals surface area (Å²) in [5.74, 6) is -0.304. The fourth-order valence-corrected chi connectivity index (χ4v) is 6.28. The van der Waals surface area contributed by atoms with Crippen molar-refractivity contribution in [2.45, 2.75) is 85.2 Å². The molecular weight excluding hydrogens is 549 g/mol. The van der Waals surface area contributed by atoms with E-state index >= 15 is 0 Å². The number of carbonyl (C=O) groups excluding carboxylic acids is 1. The van der Waals surface area contributed by atoms with Crippen LogP contribution < -0.4 is 0 Å². The number of halogens is 1. The van der Waals surface area contributed by atoms with Crippen LogP contribution in [0.4, 0.5) is 9.18 Å². The molecule has 0 bridgehead atoms. The van der Waals surface area contributed by atoms with E-state index in [0.29, 0.717) is 19.8 Å². The number of benzene rings is 1. The average Bonchev–Trinajstić information content (AvgIpc) is 3.44. The van der Waals surface area contributed by atoms with Gasteiger partial charge in [0, 0.05) is 50.1 Å².